The zero-order chi connectivity index (χ0) is 12.1. The minimum atomic E-state index is 0.0211. The van der Waals surface area contributed by atoms with Crippen LogP contribution in [0.25, 0.3) is 11.4 Å². The minimum Gasteiger partial charge on any atom is -0.483 e. The molecule has 0 N–H and O–H groups in total. The number of benzene rings is 1. The molecule has 17 heavy (non-hydrogen) atoms. The average Bonchev–Trinajstić information content (AvgIpc) is 2.38. The molecule has 0 unspecified atom stereocenters. The van der Waals surface area contributed by atoms with Crippen LogP contribution in [-0.4, -0.2) is 22.9 Å². The highest BCUT2D eigenvalue weighted by Gasteiger charge is 2.01. The molecule has 0 bridgehead atoms. The van der Waals surface area contributed by atoms with Gasteiger partial charge in [-0.25, -0.2) is 9.97 Å². The molecular weight excluding hydrogens is 216 g/mol. The van der Waals surface area contributed by atoms with Crippen LogP contribution < -0.4 is 4.74 Å². The summed E-state index contributed by atoms with van der Waals surface area (Å²) in [5, 5.41) is 0. The number of carbonyl (C=O) groups excluding carboxylic acids is 1. The Morgan fingerprint density at radius 3 is 2.41 bits per heavy atom. The molecule has 86 valence electrons. The molecule has 2 rings (SSSR count). The fourth-order valence-corrected chi connectivity index (χ4v) is 1.37. The first-order valence-electron chi connectivity index (χ1n) is 5.25. The van der Waals surface area contributed by atoms with Crippen molar-refractivity contribution in [3.05, 3.63) is 42.2 Å². The zero-order valence-corrected chi connectivity index (χ0v) is 9.46. The largest absolute Gasteiger partial charge is 0.483 e. The molecule has 0 aliphatic heterocycles. The molecule has 4 nitrogen and oxygen atoms in total. The van der Waals surface area contributed by atoms with Crippen LogP contribution in [0.2, 0.25) is 0 Å². The van der Waals surface area contributed by atoms with Gasteiger partial charge in [-0.15, -0.1) is 0 Å². The molecule has 0 fully saturated rings. The van der Waals surface area contributed by atoms with Crippen molar-refractivity contribution in [3.63, 3.8) is 0 Å². The van der Waals surface area contributed by atoms with Crippen molar-refractivity contribution in [1.29, 1.82) is 0 Å². The number of hydrogen-bond donors (Lipinski definition) is 0. The molecule has 1 heterocycles. The van der Waals surface area contributed by atoms with Gasteiger partial charge in [0.15, 0.2) is 17.9 Å². The molecule has 1 aromatic carbocycles. The third-order valence-electron chi connectivity index (χ3n) is 2.26. The summed E-state index contributed by atoms with van der Waals surface area (Å²) < 4.78 is 5.07. The molecule has 4 heteroatoms. The van der Waals surface area contributed by atoms with Gasteiger partial charge in [0.2, 0.25) is 0 Å². The van der Waals surface area contributed by atoms with Gasteiger partial charge in [-0.05, 0) is 6.92 Å². The van der Waals surface area contributed by atoms with E-state index in [1.54, 1.807) is 12.4 Å². The molecule has 0 amide bonds. The van der Waals surface area contributed by atoms with Gasteiger partial charge in [-0.2, -0.15) is 0 Å². The number of aryl methyl sites for hydroxylation is 1. The molecule has 0 saturated heterocycles. The molecule has 1 aromatic heterocycles. The van der Waals surface area contributed by atoms with Crippen molar-refractivity contribution in [2.24, 2.45) is 0 Å². The number of hydrogen-bond acceptors (Lipinski definition) is 4. The van der Waals surface area contributed by atoms with Gasteiger partial charge in [0, 0.05) is 5.56 Å². The molecular formula is C13H12N2O2. The molecule has 0 saturated carbocycles. The summed E-state index contributed by atoms with van der Waals surface area (Å²) in [6, 6.07) is 7.96. The fraction of sp³-hybridized carbons (Fsp3) is 0.154. The Morgan fingerprint density at radius 2 is 1.82 bits per heavy atom. The summed E-state index contributed by atoms with van der Waals surface area (Å²) in [7, 11) is 0. The van der Waals surface area contributed by atoms with E-state index in [4.69, 9.17) is 4.74 Å². The van der Waals surface area contributed by atoms with Crippen LogP contribution in [-0.2, 0) is 4.79 Å². The lowest BCUT2D eigenvalue weighted by Crippen LogP contribution is -1.99. The number of ether oxygens (including phenoxy) is 1. The van der Waals surface area contributed by atoms with Gasteiger partial charge >= 0.3 is 0 Å². The minimum absolute atomic E-state index is 0.0211. The van der Waals surface area contributed by atoms with E-state index in [9.17, 15) is 4.79 Å². The second-order valence-electron chi connectivity index (χ2n) is 3.59. The van der Waals surface area contributed by atoms with E-state index in [1.807, 2.05) is 31.2 Å². The highest BCUT2D eigenvalue weighted by Crippen LogP contribution is 2.16. The van der Waals surface area contributed by atoms with Crippen LogP contribution in [0.15, 0.2) is 36.7 Å². The fourth-order valence-electron chi connectivity index (χ4n) is 1.37. The van der Waals surface area contributed by atoms with Crippen LogP contribution in [0.4, 0.5) is 0 Å². The molecule has 0 spiro atoms. The third kappa shape index (κ3) is 2.87. The van der Waals surface area contributed by atoms with Gasteiger partial charge in [0.1, 0.15) is 6.61 Å². The number of aldehydes is 1. The van der Waals surface area contributed by atoms with Crippen molar-refractivity contribution < 1.29 is 9.53 Å². The van der Waals surface area contributed by atoms with Crippen molar-refractivity contribution in [3.8, 4) is 17.1 Å². The first kappa shape index (κ1) is 11.3. The predicted octanol–water partition coefficient (Wildman–Crippen LogP) is 2.03. The maximum atomic E-state index is 10.1. The molecule has 2 aromatic rings. The SMILES string of the molecule is Cc1ccc(-c2ncc(OCC=O)cn2)cc1. The third-order valence-corrected chi connectivity index (χ3v) is 2.26. The zero-order valence-electron chi connectivity index (χ0n) is 9.46. The Bertz CT molecular complexity index is 492. The maximum Gasteiger partial charge on any atom is 0.159 e. The lowest BCUT2D eigenvalue weighted by Gasteiger charge is -2.03. The Kier molecular flexibility index (Phi) is 3.45. The van der Waals surface area contributed by atoms with Crippen LogP contribution in [0, 0.1) is 6.92 Å². The van der Waals surface area contributed by atoms with Gasteiger partial charge in [0.25, 0.3) is 0 Å². The van der Waals surface area contributed by atoms with Gasteiger partial charge in [0.05, 0.1) is 12.4 Å². The van der Waals surface area contributed by atoms with Crippen LogP contribution in [0.3, 0.4) is 0 Å². The van der Waals surface area contributed by atoms with Crippen molar-refractivity contribution in [2.75, 3.05) is 6.61 Å². The van der Waals surface area contributed by atoms with Crippen LogP contribution in [0.1, 0.15) is 5.56 Å². The quantitative estimate of drug-likeness (QED) is 0.751. The normalized spacial score (nSPS) is 9.94. The average molecular weight is 228 g/mol. The topological polar surface area (TPSA) is 52.1 Å². The molecule has 0 aliphatic rings. The number of carbonyl (C=O) groups is 1. The van der Waals surface area contributed by atoms with Crippen molar-refractivity contribution in [2.45, 2.75) is 6.92 Å². The van der Waals surface area contributed by atoms with Crippen LogP contribution >= 0.6 is 0 Å². The highest BCUT2D eigenvalue weighted by atomic mass is 16.5. The maximum absolute atomic E-state index is 10.1. The second kappa shape index (κ2) is 5.21. The first-order valence-corrected chi connectivity index (χ1v) is 5.25. The van der Waals surface area contributed by atoms with Crippen molar-refractivity contribution in [1.82, 2.24) is 9.97 Å². The van der Waals surface area contributed by atoms with E-state index in [-0.39, 0.29) is 6.61 Å². The summed E-state index contributed by atoms with van der Waals surface area (Å²) in [5.41, 5.74) is 2.15. The van der Waals surface area contributed by atoms with E-state index in [2.05, 4.69) is 9.97 Å². The van der Waals surface area contributed by atoms with E-state index in [0.29, 0.717) is 17.9 Å². The van der Waals surface area contributed by atoms with E-state index >= 15 is 0 Å². The Labute approximate surface area is 99.3 Å². The lowest BCUT2D eigenvalue weighted by molar-refractivity contribution is -0.109. The summed E-state index contributed by atoms with van der Waals surface area (Å²) in [5.74, 6) is 1.14. The number of aromatic nitrogens is 2. The number of nitrogens with zero attached hydrogens (tertiary/aromatic N) is 2. The smallest absolute Gasteiger partial charge is 0.159 e. The van der Waals surface area contributed by atoms with E-state index in [0.717, 1.165) is 5.56 Å². The van der Waals surface area contributed by atoms with Crippen LogP contribution in [0.5, 0.6) is 5.75 Å². The summed E-state index contributed by atoms with van der Waals surface area (Å²) in [4.78, 5) is 18.5. The van der Waals surface area contributed by atoms with E-state index in [1.165, 1.54) is 5.56 Å². The summed E-state index contributed by atoms with van der Waals surface area (Å²) in [6.45, 7) is 2.05. The second-order valence-corrected chi connectivity index (χ2v) is 3.59. The Hall–Kier alpha value is -2.23. The summed E-state index contributed by atoms with van der Waals surface area (Å²) >= 11 is 0. The van der Waals surface area contributed by atoms with Gasteiger partial charge in [-0.3, -0.25) is 4.79 Å². The standard InChI is InChI=1S/C13H12N2O2/c1-10-2-4-11(5-3-10)13-14-8-12(9-15-13)17-7-6-16/h2-6,8-9H,7H2,1H3. The van der Waals surface area contributed by atoms with Gasteiger partial charge < -0.3 is 4.74 Å². The molecule has 0 atom stereocenters. The van der Waals surface area contributed by atoms with Gasteiger partial charge in [-0.1, -0.05) is 29.8 Å². The van der Waals surface area contributed by atoms with E-state index < -0.39 is 0 Å². The predicted molar refractivity (Wildman–Crippen MR) is 63.8 cm³/mol. The first-order chi connectivity index (χ1) is 8.29. The Morgan fingerprint density at radius 1 is 1.18 bits per heavy atom. The monoisotopic (exact) mass is 228 g/mol. The molecule has 0 aliphatic carbocycles. The molecule has 0 radical (unpaired) electrons. The summed E-state index contributed by atoms with van der Waals surface area (Å²) in [6.07, 6.45) is 3.81. The Balaban J connectivity index is 2.17. The lowest BCUT2D eigenvalue weighted by atomic mass is 10.1. The number of rotatable bonds is 4. The highest BCUT2D eigenvalue weighted by molar-refractivity contribution is 5.55. The van der Waals surface area contributed by atoms with Crippen molar-refractivity contribution >= 4 is 6.29 Å².